The number of rotatable bonds is 5. The van der Waals surface area contributed by atoms with Crippen molar-refractivity contribution < 1.29 is 18.7 Å². The lowest BCUT2D eigenvalue weighted by Gasteiger charge is -2.14. The quantitative estimate of drug-likeness (QED) is 0.864. The number of benzene rings is 2. The van der Waals surface area contributed by atoms with Crippen molar-refractivity contribution in [2.24, 2.45) is 0 Å². The summed E-state index contributed by atoms with van der Waals surface area (Å²) in [5, 5.41) is 2.39. The molecule has 2 aromatic rings. The first kappa shape index (κ1) is 15.7. The first-order chi connectivity index (χ1) is 10.6. The minimum atomic E-state index is -1.00. The van der Waals surface area contributed by atoms with Gasteiger partial charge in [-0.25, -0.2) is 4.39 Å². The number of halogens is 1. The van der Waals surface area contributed by atoms with Gasteiger partial charge >= 0.3 is 5.97 Å². The van der Waals surface area contributed by atoms with Crippen LogP contribution in [0.2, 0.25) is 0 Å². The number of hydrogen-bond acceptors (Lipinski definition) is 3. The lowest BCUT2D eigenvalue weighted by atomic mass is 10.1. The van der Waals surface area contributed by atoms with Crippen molar-refractivity contribution in [1.82, 2.24) is 0 Å². The van der Waals surface area contributed by atoms with Gasteiger partial charge in [-0.05, 0) is 24.6 Å². The van der Waals surface area contributed by atoms with Crippen molar-refractivity contribution in [3.8, 4) is 0 Å². The van der Waals surface area contributed by atoms with Crippen molar-refractivity contribution in [2.45, 2.75) is 19.4 Å². The van der Waals surface area contributed by atoms with Crippen LogP contribution in [0.15, 0.2) is 54.6 Å². The monoisotopic (exact) mass is 301 g/mol. The number of ether oxygens (including phenoxy) is 1. The number of amides is 1. The number of para-hydroxylation sites is 1. The first-order valence-electron chi connectivity index (χ1n) is 6.85. The van der Waals surface area contributed by atoms with Crippen molar-refractivity contribution in [1.29, 1.82) is 0 Å². The standard InChI is InChI=1S/C17H16FNO3/c1-12(17(21)19-15-10-6-5-9-14(15)18)22-16(20)11-13-7-3-2-4-8-13/h2-10,12H,11H2,1H3,(H,19,21)/t12-/m1/s1. The molecule has 5 heteroatoms. The second kappa shape index (κ2) is 7.36. The van der Waals surface area contributed by atoms with Crippen LogP contribution in [0, 0.1) is 5.82 Å². The summed E-state index contributed by atoms with van der Waals surface area (Å²) in [5.41, 5.74) is 0.854. The highest BCUT2D eigenvalue weighted by molar-refractivity contribution is 5.95. The predicted octanol–water partition coefficient (Wildman–Crippen LogP) is 2.94. The number of hydrogen-bond donors (Lipinski definition) is 1. The number of carbonyl (C=O) groups excluding carboxylic acids is 2. The number of nitrogens with one attached hydrogen (secondary N) is 1. The SMILES string of the molecule is C[C@@H](OC(=O)Cc1ccccc1)C(=O)Nc1ccccc1F. The van der Waals surface area contributed by atoms with E-state index in [9.17, 15) is 14.0 Å². The van der Waals surface area contributed by atoms with Crippen LogP contribution in [0.25, 0.3) is 0 Å². The van der Waals surface area contributed by atoms with E-state index in [0.29, 0.717) is 0 Å². The smallest absolute Gasteiger partial charge is 0.311 e. The van der Waals surface area contributed by atoms with Crippen LogP contribution < -0.4 is 5.32 Å². The van der Waals surface area contributed by atoms with Crippen LogP contribution >= 0.6 is 0 Å². The van der Waals surface area contributed by atoms with Crippen molar-refractivity contribution in [3.63, 3.8) is 0 Å². The highest BCUT2D eigenvalue weighted by Gasteiger charge is 2.19. The van der Waals surface area contributed by atoms with E-state index in [4.69, 9.17) is 4.74 Å². The highest BCUT2D eigenvalue weighted by Crippen LogP contribution is 2.13. The molecular formula is C17H16FNO3. The fourth-order valence-corrected chi connectivity index (χ4v) is 1.85. The molecule has 0 bridgehead atoms. The maximum absolute atomic E-state index is 13.4. The van der Waals surface area contributed by atoms with E-state index >= 15 is 0 Å². The molecule has 2 aromatic carbocycles. The first-order valence-corrected chi connectivity index (χ1v) is 6.85. The molecule has 0 spiro atoms. The molecule has 0 aliphatic rings. The Morgan fingerprint density at radius 1 is 1.09 bits per heavy atom. The Balaban J connectivity index is 1.88. The van der Waals surface area contributed by atoms with Gasteiger partial charge in [0.2, 0.25) is 0 Å². The Bertz CT molecular complexity index is 658. The van der Waals surface area contributed by atoms with Crippen LogP contribution in [0.3, 0.4) is 0 Å². The van der Waals surface area contributed by atoms with Crippen molar-refractivity contribution in [2.75, 3.05) is 5.32 Å². The topological polar surface area (TPSA) is 55.4 Å². The Morgan fingerprint density at radius 2 is 1.73 bits per heavy atom. The summed E-state index contributed by atoms with van der Waals surface area (Å²) in [5.74, 6) is -1.63. The molecule has 2 rings (SSSR count). The maximum Gasteiger partial charge on any atom is 0.311 e. The van der Waals surface area contributed by atoms with Gasteiger partial charge in [-0.1, -0.05) is 42.5 Å². The number of anilines is 1. The molecule has 0 saturated heterocycles. The summed E-state index contributed by atoms with van der Waals surface area (Å²) in [7, 11) is 0. The molecule has 0 saturated carbocycles. The third kappa shape index (κ3) is 4.41. The molecule has 1 N–H and O–H groups in total. The molecule has 4 nitrogen and oxygen atoms in total. The molecule has 1 atom stereocenters. The zero-order chi connectivity index (χ0) is 15.9. The average Bonchev–Trinajstić information content (AvgIpc) is 2.50. The van der Waals surface area contributed by atoms with Gasteiger partial charge in [0.1, 0.15) is 5.82 Å². The van der Waals surface area contributed by atoms with Crippen LogP contribution in [0.1, 0.15) is 12.5 Å². The second-order valence-electron chi connectivity index (χ2n) is 4.76. The van der Waals surface area contributed by atoms with Crippen LogP contribution in [0.4, 0.5) is 10.1 Å². The second-order valence-corrected chi connectivity index (χ2v) is 4.76. The van der Waals surface area contributed by atoms with Crippen LogP contribution in [-0.2, 0) is 20.7 Å². The largest absolute Gasteiger partial charge is 0.452 e. The fourth-order valence-electron chi connectivity index (χ4n) is 1.85. The molecular weight excluding hydrogens is 285 g/mol. The van der Waals surface area contributed by atoms with Gasteiger partial charge < -0.3 is 10.1 Å². The Hall–Kier alpha value is -2.69. The highest BCUT2D eigenvalue weighted by atomic mass is 19.1. The Kier molecular flexibility index (Phi) is 5.25. The van der Waals surface area contributed by atoms with Gasteiger partial charge in [0.15, 0.2) is 6.10 Å². The van der Waals surface area contributed by atoms with Gasteiger partial charge in [-0.15, -0.1) is 0 Å². The third-order valence-corrected chi connectivity index (χ3v) is 3.00. The number of carbonyl (C=O) groups is 2. The van der Waals surface area contributed by atoms with E-state index in [1.807, 2.05) is 18.2 Å². The van der Waals surface area contributed by atoms with Gasteiger partial charge in [0, 0.05) is 0 Å². The summed E-state index contributed by atoms with van der Waals surface area (Å²) in [6, 6.07) is 14.9. The molecule has 0 heterocycles. The third-order valence-electron chi connectivity index (χ3n) is 3.00. The molecule has 22 heavy (non-hydrogen) atoms. The Labute approximate surface area is 127 Å². The van der Waals surface area contributed by atoms with Gasteiger partial charge in [-0.3, -0.25) is 9.59 Å². The molecule has 0 radical (unpaired) electrons. The zero-order valence-corrected chi connectivity index (χ0v) is 12.1. The zero-order valence-electron chi connectivity index (χ0n) is 12.1. The summed E-state index contributed by atoms with van der Waals surface area (Å²) < 4.78 is 18.5. The summed E-state index contributed by atoms with van der Waals surface area (Å²) in [6.07, 6.45) is -0.922. The maximum atomic E-state index is 13.4. The minimum Gasteiger partial charge on any atom is -0.452 e. The van der Waals surface area contributed by atoms with E-state index < -0.39 is 23.8 Å². The minimum absolute atomic E-state index is 0.0541. The number of esters is 1. The molecule has 0 aliphatic heterocycles. The van der Waals surface area contributed by atoms with E-state index in [2.05, 4.69) is 5.32 Å². The van der Waals surface area contributed by atoms with Crippen molar-refractivity contribution in [3.05, 3.63) is 66.0 Å². The van der Waals surface area contributed by atoms with Crippen LogP contribution in [-0.4, -0.2) is 18.0 Å². The lowest BCUT2D eigenvalue weighted by Crippen LogP contribution is -2.30. The van der Waals surface area contributed by atoms with E-state index in [1.165, 1.54) is 25.1 Å². The summed E-state index contributed by atoms with van der Waals surface area (Å²) in [6.45, 7) is 1.44. The average molecular weight is 301 g/mol. The van der Waals surface area contributed by atoms with Crippen molar-refractivity contribution >= 4 is 17.6 Å². The molecule has 0 fully saturated rings. The molecule has 1 amide bonds. The lowest BCUT2D eigenvalue weighted by molar-refractivity contribution is -0.152. The summed E-state index contributed by atoms with van der Waals surface area (Å²) in [4.78, 5) is 23.7. The van der Waals surface area contributed by atoms with Gasteiger partial charge in [0.05, 0.1) is 12.1 Å². The van der Waals surface area contributed by atoms with E-state index in [1.54, 1.807) is 18.2 Å². The van der Waals surface area contributed by atoms with Crippen LogP contribution in [0.5, 0.6) is 0 Å². The van der Waals surface area contributed by atoms with E-state index in [0.717, 1.165) is 5.56 Å². The molecule has 0 aliphatic carbocycles. The normalized spacial score (nSPS) is 11.5. The van der Waals surface area contributed by atoms with Gasteiger partial charge in [-0.2, -0.15) is 0 Å². The predicted molar refractivity (Wildman–Crippen MR) is 80.7 cm³/mol. The van der Waals surface area contributed by atoms with E-state index in [-0.39, 0.29) is 12.1 Å². The fraction of sp³-hybridized carbons (Fsp3) is 0.176. The molecule has 0 aromatic heterocycles. The Morgan fingerprint density at radius 3 is 2.41 bits per heavy atom. The molecule has 114 valence electrons. The summed E-state index contributed by atoms with van der Waals surface area (Å²) >= 11 is 0. The van der Waals surface area contributed by atoms with Gasteiger partial charge in [0.25, 0.3) is 5.91 Å². The molecule has 0 unspecified atom stereocenters.